The highest BCUT2D eigenvalue weighted by molar-refractivity contribution is 6.42. The zero-order valence-corrected chi connectivity index (χ0v) is 16.1. The zero-order valence-electron chi connectivity index (χ0n) is 14.6. The van der Waals surface area contributed by atoms with E-state index in [9.17, 15) is 19.8 Å². The third-order valence-electron chi connectivity index (χ3n) is 6.21. The van der Waals surface area contributed by atoms with Gasteiger partial charge in [0.25, 0.3) is 11.8 Å². The molecular weight excluding hydrogens is 393 g/mol. The summed E-state index contributed by atoms with van der Waals surface area (Å²) in [6.45, 7) is 1.90. The van der Waals surface area contributed by atoms with Crippen molar-refractivity contribution in [1.29, 1.82) is 0 Å². The standard InChI is InChI=1S/C19H19Cl2NO5/c1-19(8-4-2-3-5-8)15(24)11-9(6-7-10(20)12(11)21)16(19)27-14-13(23)17(25)22-18(14)26/h6-8,15-16,24H,2-5H2,1H3,(H2,22,23,25,26). The first-order chi connectivity index (χ1) is 12.8. The number of hydrogen-bond acceptors (Lipinski definition) is 5. The molecule has 1 aromatic rings. The second-order valence-electron chi connectivity index (χ2n) is 7.57. The maximum atomic E-state index is 12.0. The summed E-state index contributed by atoms with van der Waals surface area (Å²) >= 11 is 12.5. The molecule has 1 fully saturated rings. The third-order valence-corrected chi connectivity index (χ3v) is 7.03. The highest BCUT2D eigenvalue weighted by Crippen LogP contribution is 2.63. The van der Waals surface area contributed by atoms with Crippen LogP contribution < -0.4 is 5.32 Å². The van der Waals surface area contributed by atoms with Crippen molar-refractivity contribution in [3.63, 3.8) is 0 Å². The average molecular weight is 412 g/mol. The van der Waals surface area contributed by atoms with Crippen molar-refractivity contribution in [2.45, 2.75) is 44.8 Å². The molecule has 3 unspecified atom stereocenters. The molecule has 8 heteroatoms. The lowest BCUT2D eigenvalue weighted by molar-refractivity contribution is -0.129. The Hall–Kier alpha value is -1.76. The lowest BCUT2D eigenvalue weighted by Crippen LogP contribution is -2.35. The van der Waals surface area contributed by atoms with Gasteiger partial charge in [0.15, 0.2) is 0 Å². The van der Waals surface area contributed by atoms with Gasteiger partial charge in [-0.05, 0) is 24.8 Å². The molecule has 0 aromatic heterocycles. The van der Waals surface area contributed by atoms with Gasteiger partial charge >= 0.3 is 0 Å². The molecule has 0 radical (unpaired) electrons. The number of aliphatic hydroxyl groups is 2. The summed E-state index contributed by atoms with van der Waals surface area (Å²) in [5, 5.41) is 23.8. The molecule has 1 aromatic carbocycles. The number of amides is 2. The fraction of sp³-hybridized carbons (Fsp3) is 0.474. The number of benzene rings is 1. The van der Waals surface area contributed by atoms with Crippen molar-refractivity contribution in [3.05, 3.63) is 44.8 Å². The van der Waals surface area contributed by atoms with Crippen molar-refractivity contribution in [3.8, 4) is 0 Å². The Morgan fingerprint density at radius 3 is 2.44 bits per heavy atom. The number of ether oxygens (including phenoxy) is 1. The highest BCUT2D eigenvalue weighted by atomic mass is 35.5. The minimum atomic E-state index is -0.949. The predicted octanol–water partition coefficient (Wildman–Crippen LogP) is 3.72. The molecule has 6 nitrogen and oxygen atoms in total. The predicted molar refractivity (Wildman–Crippen MR) is 98.1 cm³/mol. The Bertz CT molecular complexity index is 877. The number of carbonyl (C=O) groups excluding carboxylic acids is 2. The lowest BCUT2D eigenvalue weighted by atomic mass is 9.70. The van der Waals surface area contributed by atoms with E-state index < -0.39 is 41.0 Å². The first-order valence-electron chi connectivity index (χ1n) is 8.88. The van der Waals surface area contributed by atoms with Crippen LogP contribution in [-0.2, 0) is 14.3 Å². The monoisotopic (exact) mass is 411 g/mol. The van der Waals surface area contributed by atoms with E-state index in [1.807, 2.05) is 12.2 Å². The number of hydrogen-bond donors (Lipinski definition) is 3. The van der Waals surface area contributed by atoms with E-state index >= 15 is 0 Å². The Labute approximate surface area is 166 Å². The lowest BCUT2D eigenvalue weighted by Gasteiger charge is -2.40. The second-order valence-corrected chi connectivity index (χ2v) is 8.36. The van der Waals surface area contributed by atoms with E-state index in [1.54, 1.807) is 12.1 Å². The topological polar surface area (TPSA) is 95.9 Å². The van der Waals surface area contributed by atoms with Gasteiger partial charge in [-0.1, -0.05) is 49.0 Å². The van der Waals surface area contributed by atoms with Crippen LogP contribution in [-0.4, -0.2) is 22.0 Å². The summed E-state index contributed by atoms with van der Waals surface area (Å²) in [5.41, 5.74) is 0.305. The molecule has 4 rings (SSSR count). The summed E-state index contributed by atoms with van der Waals surface area (Å²) in [4.78, 5) is 23.6. The van der Waals surface area contributed by atoms with E-state index in [-0.39, 0.29) is 10.9 Å². The largest absolute Gasteiger partial charge is 0.500 e. The van der Waals surface area contributed by atoms with Crippen LogP contribution in [0.4, 0.5) is 0 Å². The number of fused-ring (bicyclic) bond motifs is 1. The van der Waals surface area contributed by atoms with E-state index in [2.05, 4.69) is 0 Å². The van der Waals surface area contributed by atoms with Gasteiger partial charge in [-0.15, -0.1) is 0 Å². The number of halogens is 2. The molecule has 144 valence electrons. The van der Waals surface area contributed by atoms with Crippen molar-refractivity contribution >= 4 is 35.0 Å². The van der Waals surface area contributed by atoms with Crippen molar-refractivity contribution in [1.82, 2.24) is 5.32 Å². The highest BCUT2D eigenvalue weighted by Gasteiger charge is 2.57. The van der Waals surface area contributed by atoms with Crippen molar-refractivity contribution in [2.75, 3.05) is 0 Å². The molecule has 2 amide bonds. The fourth-order valence-electron chi connectivity index (χ4n) is 4.71. The molecule has 0 bridgehead atoms. The van der Waals surface area contributed by atoms with Crippen LogP contribution in [0.5, 0.6) is 0 Å². The van der Waals surface area contributed by atoms with Gasteiger partial charge < -0.3 is 14.9 Å². The van der Waals surface area contributed by atoms with Crippen molar-refractivity contribution in [2.24, 2.45) is 11.3 Å². The van der Waals surface area contributed by atoms with Gasteiger partial charge in [-0.25, -0.2) is 0 Å². The van der Waals surface area contributed by atoms with Gasteiger partial charge in [-0.3, -0.25) is 14.9 Å². The van der Waals surface area contributed by atoms with Gasteiger partial charge in [-0.2, -0.15) is 0 Å². The number of aliphatic hydroxyl groups excluding tert-OH is 2. The SMILES string of the molecule is CC1(C2CCCC2)C(O)c2c(ccc(Cl)c2Cl)C1OC1=C(O)C(=O)NC1=O. The van der Waals surface area contributed by atoms with Gasteiger partial charge in [0, 0.05) is 16.5 Å². The van der Waals surface area contributed by atoms with Crippen LogP contribution in [0.15, 0.2) is 23.7 Å². The summed E-state index contributed by atoms with van der Waals surface area (Å²) in [6, 6.07) is 3.32. The molecule has 1 heterocycles. The van der Waals surface area contributed by atoms with Crippen LogP contribution in [0.25, 0.3) is 0 Å². The fourth-order valence-corrected chi connectivity index (χ4v) is 5.15. The zero-order chi connectivity index (χ0) is 19.5. The molecule has 3 atom stereocenters. The van der Waals surface area contributed by atoms with Gasteiger partial charge in [0.1, 0.15) is 6.10 Å². The van der Waals surface area contributed by atoms with Crippen LogP contribution in [0.3, 0.4) is 0 Å². The average Bonchev–Trinajstić information content (AvgIpc) is 3.29. The molecule has 2 aliphatic carbocycles. The number of carbonyl (C=O) groups is 2. The van der Waals surface area contributed by atoms with E-state index in [1.165, 1.54) is 0 Å². The van der Waals surface area contributed by atoms with Crippen LogP contribution in [0.1, 0.15) is 55.9 Å². The number of imide groups is 1. The molecule has 0 spiro atoms. The van der Waals surface area contributed by atoms with E-state index in [0.717, 1.165) is 25.7 Å². The molecule has 0 saturated heterocycles. The van der Waals surface area contributed by atoms with Crippen LogP contribution in [0, 0.1) is 11.3 Å². The summed E-state index contributed by atoms with van der Waals surface area (Å²) in [6.07, 6.45) is 2.18. The molecular formula is C19H19Cl2NO5. The molecule has 3 N–H and O–H groups in total. The minimum absolute atomic E-state index is 0.127. The summed E-state index contributed by atoms with van der Waals surface area (Å²) in [7, 11) is 0. The molecule has 27 heavy (non-hydrogen) atoms. The maximum absolute atomic E-state index is 12.0. The van der Waals surface area contributed by atoms with Gasteiger partial charge in [0.2, 0.25) is 11.5 Å². The third kappa shape index (κ3) is 2.57. The second kappa shape index (κ2) is 6.40. The van der Waals surface area contributed by atoms with E-state index in [4.69, 9.17) is 27.9 Å². The quantitative estimate of drug-likeness (QED) is 0.658. The normalized spacial score (nSPS) is 30.8. The Kier molecular flexibility index (Phi) is 4.41. The van der Waals surface area contributed by atoms with E-state index in [0.29, 0.717) is 16.1 Å². The molecule has 3 aliphatic rings. The molecule has 1 saturated carbocycles. The first kappa shape index (κ1) is 18.6. The van der Waals surface area contributed by atoms with Gasteiger partial charge in [0.05, 0.1) is 16.1 Å². The Morgan fingerprint density at radius 1 is 1.19 bits per heavy atom. The molecule has 1 aliphatic heterocycles. The number of rotatable bonds is 3. The van der Waals surface area contributed by atoms with Crippen molar-refractivity contribution < 1.29 is 24.5 Å². The summed E-state index contributed by atoms with van der Waals surface area (Å²) < 4.78 is 5.92. The Morgan fingerprint density at radius 2 is 1.85 bits per heavy atom. The maximum Gasteiger partial charge on any atom is 0.297 e. The smallest absolute Gasteiger partial charge is 0.297 e. The number of nitrogens with one attached hydrogen (secondary N) is 1. The first-order valence-corrected chi connectivity index (χ1v) is 9.63. The summed E-state index contributed by atoms with van der Waals surface area (Å²) in [5.74, 6) is -2.75. The minimum Gasteiger partial charge on any atom is -0.500 e. The Balaban J connectivity index is 1.85. The van der Waals surface area contributed by atoms with Crippen LogP contribution >= 0.6 is 23.2 Å². The van der Waals surface area contributed by atoms with Crippen LogP contribution in [0.2, 0.25) is 10.0 Å².